The van der Waals surface area contributed by atoms with E-state index in [9.17, 15) is 0 Å². The van der Waals surface area contributed by atoms with E-state index in [2.05, 4.69) is 53.2 Å². The van der Waals surface area contributed by atoms with Gasteiger partial charge < -0.3 is 10.2 Å². The minimum Gasteiger partial charge on any atom is -0.363 e. The Morgan fingerprint density at radius 3 is 2.55 bits per heavy atom. The molecule has 0 spiro atoms. The van der Waals surface area contributed by atoms with E-state index < -0.39 is 0 Å². The number of piperidine rings is 1. The number of fused-ring (bicyclic) bond motifs is 2. The molecule has 2 fully saturated rings. The second-order valence-electron chi connectivity index (χ2n) is 6.69. The highest BCUT2D eigenvalue weighted by atomic mass is 15.3. The molecule has 112 valence electrons. The third-order valence-corrected chi connectivity index (χ3v) is 4.83. The van der Waals surface area contributed by atoms with Gasteiger partial charge in [0.25, 0.3) is 0 Å². The highest BCUT2D eigenvalue weighted by Gasteiger charge is 2.40. The molecular formula is C16H28N4. The van der Waals surface area contributed by atoms with E-state index in [4.69, 9.17) is 0 Å². The number of anilines is 1. The molecule has 1 aromatic rings. The van der Waals surface area contributed by atoms with Gasteiger partial charge in [-0.15, -0.1) is 0 Å². The van der Waals surface area contributed by atoms with Crippen LogP contribution in [0.3, 0.4) is 0 Å². The molecule has 1 N–H and O–H groups in total. The van der Waals surface area contributed by atoms with E-state index in [1.807, 2.05) is 0 Å². The van der Waals surface area contributed by atoms with Crippen LogP contribution in [-0.4, -0.2) is 34.5 Å². The fourth-order valence-electron chi connectivity index (χ4n) is 3.86. The number of hydrogen-bond acceptors (Lipinski definition) is 3. The first kappa shape index (κ1) is 13.9. The lowest BCUT2D eigenvalue weighted by molar-refractivity contribution is 0.356. The summed E-state index contributed by atoms with van der Waals surface area (Å²) in [5.74, 6) is 0. The lowest BCUT2D eigenvalue weighted by Crippen LogP contribution is -2.49. The topological polar surface area (TPSA) is 33.1 Å². The van der Waals surface area contributed by atoms with Gasteiger partial charge in [0, 0.05) is 30.4 Å². The van der Waals surface area contributed by atoms with Crippen molar-refractivity contribution in [2.45, 2.75) is 77.0 Å². The third kappa shape index (κ3) is 2.58. The van der Waals surface area contributed by atoms with Crippen molar-refractivity contribution in [3.8, 4) is 0 Å². The maximum absolute atomic E-state index is 4.52. The molecule has 0 aliphatic carbocycles. The first-order valence-corrected chi connectivity index (χ1v) is 8.25. The second-order valence-corrected chi connectivity index (χ2v) is 6.69. The largest absolute Gasteiger partial charge is 0.363 e. The molecule has 20 heavy (non-hydrogen) atoms. The Bertz CT molecular complexity index is 425. The second kappa shape index (κ2) is 5.76. The summed E-state index contributed by atoms with van der Waals surface area (Å²) < 4.78 is 2.08. The zero-order chi connectivity index (χ0) is 14.1. The van der Waals surface area contributed by atoms with Gasteiger partial charge in [0.05, 0.1) is 11.9 Å². The minimum absolute atomic E-state index is 0.449. The summed E-state index contributed by atoms with van der Waals surface area (Å²) in [6.07, 6.45) is 10.8. The summed E-state index contributed by atoms with van der Waals surface area (Å²) in [6, 6.07) is 2.61. The van der Waals surface area contributed by atoms with Crippen molar-refractivity contribution in [2.24, 2.45) is 0 Å². The molecule has 2 saturated heterocycles. The van der Waals surface area contributed by atoms with Crippen LogP contribution in [0.2, 0.25) is 0 Å². The van der Waals surface area contributed by atoms with Crippen molar-refractivity contribution in [1.82, 2.24) is 15.1 Å². The van der Waals surface area contributed by atoms with Gasteiger partial charge in [-0.1, -0.05) is 6.92 Å². The lowest BCUT2D eigenvalue weighted by Gasteiger charge is -2.40. The highest BCUT2D eigenvalue weighted by Crippen LogP contribution is 2.39. The molecule has 4 nitrogen and oxygen atoms in total. The van der Waals surface area contributed by atoms with Gasteiger partial charge >= 0.3 is 0 Å². The Labute approximate surface area is 122 Å². The van der Waals surface area contributed by atoms with E-state index in [0.29, 0.717) is 18.1 Å². The molecule has 0 aromatic carbocycles. The van der Waals surface area contributed by atoms with Crippen LogP contribution >= 0.6 is 0 Å². The van der Waals surface area contributed by atoms with Crippen molar-refractivity contribution in [2.75, 3.05) is 11.4 Å². The van der Waals surface area contributed by atoms with Gasteiger partial charge in [-0.05, 0) is 52.5 Å². The fraction of sp³-hybridized carbons (Fsp3) is 0.812. The van der Waals surface area contributed by atoms with Crippen LogP contribution in [0.4, 0.5) is 5.69 Å². The molecule has 0 amide bonds. The van der Waals surface area contributed by atoms with Crippen LogP contribution in [0.25, 0.3) is 0 Å². The Morgan fingerprint density at radius 1 is 1.30 bits per heavy atom. The fourth-order valence-corrected chi connectivity index (χ4v) is 3.86. The number of rotatable bonds is 5. The predicted octanol–water partition coefficient (Wildman–Crippen LogP) is 2.96. The van der Waals surface area contributed by atoms with Gasteiger partial charge in [0.1, 0.15) is 0 Å². The minimum atomic E-state index is 0.449. The molecule has 1 aromatic heterocycles. The van der Waals surface area contributed by atoms with Gasteiger partial charge in [-0.25, -0.2) is 0 Å². The molecule has 2 aliphatic rings. The van der Waals surface area contributed by atoms with Crippen LogP contribution in [0.1, 0.15) is 58.9 Å². The number of nitrogens with zero attached hydrogens (tertiary/aromatic N) is 3. The van der Waals surface area contributed by atoms with Crippen molar-refractivity contribution >= 4 is 5.69 Å². The summed E-state index contributed by atoms with van der Waals surface area (Å²) in [6.45, 7) is 7.78. The van der Waals surface area contributed by atoms with E-state index in [-0.39, 0.29) is 0 Å². The zero-order valence-corrected chi connectivity index (χ0v) is 13.0. The van der Waals surface area contributed by atoms with Crippen LogP contribution in [-0.2, 0) is 0 Å². The van der Waals surface area contributed by atoms with Crippen molar-refractivity contribution in [3.63, 3.8) is 0 Å². The van der Waals surface area contributed by atoms with Gasteiger partial charge in [0.15, 0.2) is 0 Å². The molecule has 2 unspecified atom stereocenters. The molecule has 3 heterocycles. The van der Waals surface area contributed by atoms with E-state index in [1.165, 1.54) is 37.8 Å². The standard InChI is InChI=1S/C16H28N4/c1-4-7-17-13-8-14-5-6-15(9-13)20(14)16-10-18-19(11-16)12(2)3/h10-15,17H,4-9H2,1-3H3. The monoisotopic (exact) mass is 276 g/mol. The van der Waals surface area contributed by atoms with Gasteiger partial charge in [-0.2, -0.15) is 5.10 Å². The first-order valence-electron chi connectivity index (χ1n) is 8.25. The molecule has 4 heteroatoms. The summed E-state index contributed by atoms with van der Waals surface area (Å²) >= 11 is 0. The van der Waals surface area contributed by atoms with Crippen molar-refractivity contribution in [3.05, 3.63) is 12.4 Å². The molecule has 2 bridgehead atoms. The maximum Gasteiger partial charge on any atom is 0.0757 e. The summed E-state index contributed by atoms with van der Waals surface area (Å²) in [7, 11) is 0. The quantitative estimate of drug-likeness (QED) is 0.897. The average molecular weight is 276 g/mol. The molecular weight excluding hydrogens is 248 g/mol. The van der Waals surface area contributed by atoms with Crippen LogP contribution < -0.4 is 10.2 Å². The Morgan fingerprint density at radius 2 is 2.00 bits per heavy atom. The van der Waals surface area contributed by atoms with E-state index >= 15 is 0 Å². The van der Waals surface area contributed by atoms with E-state index in [0.717, 1.165) is 12.6 Å². The normalized spacial score (nSPS) is 29.4. The maximum atomic E-state index is 4.52. The van der Waals surface area contributed by atoms with Gasteiger partial charge in [-0.3, -0.25) is 4.68 Å². The van der Waals surface area contributed by atoms with E-state index in [1.54, 1.807) is 0 Å². The molecule has 0 saturated carbocycles. The third-order valence-electron chi connectivity index (χ3n) is 4.83. The number of aromatic nitrogens is 2. The SMILES string of the molecule is CCCNC1CC2CCC(C1)N2c1cnn(C(C)C)c1. The molecule has 2 atom stereocenters. The number of nitrogens with one attached hydrogen (secondary N) is 1. The van der Waals surface area contributed by atoms with Crippen LogP contribution in [0.5, 0.6) is 0 Å². The van der Waals surface area contributed by atoms with Gasteiger partial charge in [0.2, 0.25) is 0 Å². The number of hydrogen-bond donors (Lipinski definition) is 1. The Kier molecular flexibility index (Phi) is 4.01. The summed E-state index contributed by atoms with van der Waals surface area (Å²) in [5, 5.41) is 8.24. The predicted molar refractivity (Wildman–Crippen MR) is 83.2 cm³/mol. The molecule has 3 rings (SSSR count). The molecule has 0 radical (unpaired) electrons. The highest BCUT2D eigenvalue weighted by molar-refractivity contribution is 5.47. The lowest BCUT2D eigenvalue weighted by atomic mass is 9.97. The summed E-state index contributed by atoms with van der Waals surface area (Å²) in [5.41, 5.74) is 1.33. The first-order chi connectivity index (χ1) is 9.69. The van der Waals surface area contributed by atoms with Crippen LogP contribution in [0, 0.1) is 0 Å². The summed E-state index contributed by atoms with van der Waals surface area (Å²) in [4.78, 5) is 2.65. The van der Waals surface area contributed by atoms with Crippen molar-refractivity contribution in [1.29, 1.82) is 0 Å². The van der Waals surface area contributed by atoms with Crippen LogP contribution in [0.15, 0.2) is 12.4 Å². The Hall–Kier alpha value is -1.03. The zero-order valence-electron chi connectivity index (χ0n) is 13.0. The van der Waals surface area contributed by atoms with Crippen molar-refractivity contribution < 1.29 is 0 Å². The molecule has 2 aliphatic heterocycles. The smallest absolute Gasteiger partial charge is 0.0757 e. The average Bonchev–Trinajstić information content (AvgIpc) is 2.99. The Balaban J connectivity index is 1.70.